The normalized spacial score (nSPS) is 17.5. The third-order valence-electron chi connectivity index (χ3n) is 4.29. The molecule has 6 heteroatoms. The minimum absolute atomic E-state index is 0.105. The second kappa shape index (κ2) is 6.62. The van der Waals surface area contributed by atoms with Crippen LogP contribution in [0.1, 0.15) is 28.2 Å². The maximum Gasteiger partial charge on any atom is 0.256 e. The maximum atomic E-state index is 12.3. The molecular formula is C17H20ClN3O2. The number of amides is 1. The quantitative estimate of drug-likeness (QED) is 0.933. The second-order valence-electron chi connectivity index (χ2n) is 5.99. The van der Waals surface area contributed by atoms with Crippen LogP contribution in [0.4, 0.5) is 5.69 Å². The summed E-state index contributed by atoms with van der Waals surface area (Å²) < 4.78 is 5.04. The molecule has 5 nitrogen and oxygen atoms in total. The average molecular weight is 334 g/mol. The number of hydrogen-bond acceptors (Lipinski definition) is 4. The number of carbonyl (C=O) groups excluding carboxylic acids is 1. The average Bonchev–Trinajstić information content (AvgIpc) is 3.13. The molecule has 1 N–H and O–H groups in total. The number of halogens is 1. The van der Waals surface area contributed by atoms with Crippen molar-refractivity contribution in [3.63, 3.8) is 0 Å². The van der Waals surface area contributed by atoms with E-state index in [9.17, 15) is 4.79 Å². The Morgan fingerprint density at radius 1 is 1.39 bits per heavy atom. The number of nitrogens with zero attached hydrogens (tertiary/aromatic N) is 2. The van der Waals surface area contributed by atoms with Crippen LogP contribution in [-0.4, -0.2) is 30.7 Å². The molecule has 1 aliphatic rings. The van der Waals surface area contributed by atoms with E-state index < -0.39 is 0 Å². The van der Waals surface area contributed by atoms with Crippen LogP contribution in [0.3, 0.4) is 0 Å². The Balaban J connectivity index is 1.54. The number of benzene rings is 1. The third kappa shape index (κ3) is 3.50. The number of carbonyl (C=O) groups is 1. The molecule has 0 bridgehead atoms. The number of aromatic nitrogens is 1. The molecule has 2 heterocycles. The number of anilines is 1. The fraction of sp³-hybridized carbons (Fsp3) is 0.412. The lowest BCUT2D eigenvalue weighted by Gasteiger charge is -2.19. The van der Waals surface area contributed by atoms with Crippen LogP contribution in [0, 0.1) is 19.8 Å². The molecule has 1 amide bonds. The molecular weight excluding hydrogens is 314 g/mol. The summed E-state index contributed by atoms with van der Waals surface area (Å²) >= 11 is 5.93. The Bertz CT molecular complexity index is 677. The summed E-state index contributed by atoms with van der Waals surface area (Å²) in [6, 6.07) is 7.88. The summed E-state index contributed by atoms with van der Waals surface area (Å²) in [5.41, 5.74) is 2.36. The van der Waals surface area contributed by atoms with Crippen molar-refractivity contribution < 1.29 is 9.32 Å². The first kappa shape index (κ1) is 15.9. The van der Waals surface area contributed by atoms with Crippen LogP contribution in [0.15, 0.2) is 28.8 Å². The Labute approximate surface area is 140 Å². The summed E-state index contributed by atoms with van der Waals surface area (Å²) in [6.45, 7) is 6.12. The number of aryl methyl sites for hydroxylation is 2. The molecule has 1 fully saturated rings. The Morgan fingerprint density at radius 2 is 2.13 bits per heavy atom. The first-order valence-corrected chi connectivity index (χ1v) is 8.14. The molecule has 1 aliphatic heterocycles. The highest BCUT2D eigenvalue weighted by Gasteiger charge is 2.24. The zero-order valence-electron chi connectivity index (χ0n) is 13.3. The molecule has 1 atom stereocenters. The minimum Gasteiger partial charge on any atom is -0.371 e. The van der Waals surface area contributed by atoms with Crippen molar-refractivity contribution in [3.05, 3.63) is 46.3 Å². The van der Waals surface area contributed by atoms with E-state index in [1.807, 2.05) is 24.3 Å². The van der Waals surface area contributed by atoms with E-state index in [0.29, 0.717) is 29.5 Å². The lowest BCUT2D eigenvalue weighted by Crippen LogP contribution is -2.31. The first-order chi connectivity index (χ1) is 11.0. The van der Waals surface area contributed by atoms with Gasteiger partial charge in [0.15, 0.2) is 0 Å². The van der Waals surface area contributed by atoms with Crippen molar-refractivity contribution in [2.75, 3.05) is 24.5 Å². The van der Waals surface area contributed by atoms with E-state index in [-0.39, 0.29) is 5.91 Å². The van der Waals surface area contributed by atoms with Crippen molar-refractivity contribution >= 4 is 23.2 Å². The molecule has 2 aromatic rings. The fourth-order valence-electron chi connectivity index (χ4n) is 3.02. The molecule has 1 aromatic carbocycles. The van der Waals surface area contributed by atoms with E-state index in [0.717, 1.165) is 24.5 Å². The maximum absolute atomic E-state index is 12.3. The minimum atomic E-state index is -0.105. The molecule has 0 spiro atoms. The van der Waals surface area contributed by atoms with Crippen LogP contribution in [0.25, 0.3) is 0 Å². The standard InChI is InChI=1S/C17H20ClN3O2/c1-11-16(12(2)23-20-11)17(22)19-9-13-7-8-21(10-13)15-5-3-14(18)4-6-15/h3-6,13H,7-10H2,1-2H3,(H,19,22)/t13-/m1/s1. The van der Waals surface area contributed by atoms with Gasteiger partial charge in [-0.25, -0.2) is 0 Å². The van der Waals surface area contributed by atoms with Crippen molar-refractivity contribution in [1.29, 1.82) is 0 Å². The second-order valence-corrected chi connectivity index (χ2v) is 6.42. The number of rotatable bonds is 4. The zero-order valence-corrected chi connectivity index (χ0v) is 14.1. The van der Waals surface area contributed by atoms with Gasteiger partial charge in [-0.2, -0.15) is 0 Å². The van der Waals surface area contributed by atoms with Crippen LogP contribution in [0.5, 0.6) is 0 Å². The fourth-order valence-corrected chi connectivity index (χ4v) is 3.14. The van der Waals surface area contributed by atoms with Gasteiger partial charge in [-0.05, 0) is 50.5 Å². The van der Waals surface area contributed by atoms with Crippen LogP contribution < -0.4 is 10.2 Å². The van der Waals surface area contributed by atoms with Gasteiger partial charge in [0.2, 0.25) is 0 Å². The summed E-state index contributed by atoms with van der Waals surface area (Å²) in [5.74, 6) is 0.899. The van der Waals surface area contributed by atoms with Crippen LogP contribution in [0.2, 0.25) is 5.02 Å². The van der Waals surface area contributed by atoms with Gasteiger partial charge in [0.05, 0.1) is 5.69 Å². The van der Waals surface area contributed by atoms with E-state index >= 15 is 0 Å². The largest absolute Gasteiger partial charge is 0.371 e. The van der Waals surface area contributed by atoms with Crippen molar-refractivity contribution in [2.24, 2.45) is 5.92 Å². The number of nitrogens with one attached hydrogen (secondary N) is 1. The highest BCUT2D eigenvalue weighted by Crippen LogP contribution is 2.25. The molecule has 122 valence electrons. The van der Waals surface area contributed by atoms with E-state index in [2.05, 4.69) is 15.4 Å². The van der Waals surface area contributed by atoms with E-state index in [4.69, 9.17) is 16.1 Å². The van der Waals surface area contributed by atoms with Crippen molar-refractivity contribution in [3.8, 4) is 0 Å². The van der Waals surface area contributed by atoms with Crippen molar-refractivity contribution in [1.82, 2.24) is 10.5 Å². The molecule has 0 aliphatic carbocycles. The Kier molecular flexibility index (Phi) is 4.57. The lowest BCUT2D eigenvalue weighted by atomic mass is 10.1. The van der Waals surface area contributed by atoms with E-state index in [1.165, 1.54) is 5.69 Å². The van der Waals surface area contributed by atoms with E-state index in [1.54, 1.807) is 13.8 Å². The molecule has 1 saturated heterocycles. The highest BCUT2D eigenvalue weighted by atomic mass is 35.5. The molecule has 1 aromatic heterocycles. The molecule has 3 rings (SSSR count). The predicted octanol–water partition coefficient (Wildman–Crippen LogP) is 3.20. The Hall–Kier alpha value is -2.01. The predicted molar refractivity (Wildman–Crippen MR) is 90.1 cm³/mol. The summed E-state index contributed by atoms with van der Waals surface area (Å²) in [4.78, 5) is 14.6. The highest BCUT2D eigenvalue weighted by molar-refractivity contribution is 6.30. The van der Waals surface area contributed by atoms with Gasteiger partial charge in [0.1, 0.15) is 11.3 Å². The SMILES string of the molecule is Cc1noc(C)c1C(=O)NC[C@H]1CCN(c2ccc(Cl)cc2)C1. The first-order valence-electron chi connectivity index (χ1n) is 7.76. The Morgan fingerprint density at radius 3 is 2.78 bits per heavy atom. The summed E-state index contributed by atoms with van der Waals surface area (Å²) in [7, 11) is 0. The molecule has 23 heavy (non-hydrogen) atoms. The van der Waals surface area contributed by atoms with Gasteiger partial charge in [-0.3, -0.25) is 4.79 Å². The molecule has 0 saturated carbocycles. The molecule has 0 unspecified atom stereocenters. The monoisotopic (exact) mass is 333 g/mol. The number of hydrogen-bond donors (Lipinski definition) is 1. The van der Waals surface area contributed by atoms with Crippen molar-refractivity contribution in [2.45, 2.75) is 20.3 Å². The third-order valence-corrected chi connectivity index (χ3v) is 4.54. The van der Waals surface area contributed by atoms with Gasteiger partial charge >= 0.3 is 0 Å². The zero-order chi connectivity index (χ0) is 16.4. The van der Waals surface area contributed by atoms with Gasteiger partial charge in [-0.1, -0.05) is 16.8 Å². The van der Waals surface area contributed by atoms with Crippen LogP contribution >= 0.6 is 11.6 Å². The topological polar surface area (TPSA) is 58.4 Å². The van der Waals surface area contributed by atoms with Gasteiger partial charge < -0.3 is 14.7 Å². The van der Waals surface area contributed by atoms with Gasteiger partial charge in [0.25, 0.3) is 5.91 Å². The molecule has 0 radical (unpaired) electrons. The van der Waals surface area contributed by atoms with Gasteiger partial charge in [0, 0.05) is 30.3 Å². The van der Waals surface area contributed by atoms with Crippen LogP contribution in [-0.2, 0) is 0 Å². The smallest absolute Gasteiger partial charge is 0.256 e. The summed E-state index contributed by atoms with van der Waals surface area (Å²) in [5, 5.41) is 7.57. The summed E-state index contributed by atoms with van der Waals surface area (Å²) in [6.07, 6.45) is 1.06. The van der Waals surface area contributed by atoms with Gasteiger partial charge in [-0.15, -0.1) is 0 Å². The lowest BCUT2D eigenvalue weighted by molar-refractivity contribution is 0.0946.